The largest absolute Gasteiger partial charge is 0.396 e. The Morgan fingerprint density at radius 3 is 2.92 bits per heavy atom. The van der Waals surface area contributed by atoms with Crippen molar-refractivity contribution >= 4 is 0 Å². The molecule has 1 rings (SSSR count). The quantitative estimate of drug-likeness (QED) is 0.697. The van der Waals surface area contributed by atoms with Crippen LogP contribution in [-0.2, 0) is 0 Å². The normalized spacial score (nSPS) is 27.0. The lowest BCUT2D eigenvalue weighted by Gasteiger charge is -2.26. The molecular weight excluding hydrogens is 150 g/mol. The Kier molecular flexibility index (Phi) is 4.62. The zero-order valence-electron chi connectivity index (χ0n) is 8.13. The van der Waals surface area contributed by atoms with E-state index in [0.717, 1.165) is 19.0 Å². The number of likely N-dealkylation sites (tertiary alicyclic amines) is 1. The molecule has 1 saturated heterocycles. The maximum atomic E-state index is 8.73. The summed E-state index contributed by atoms with van der Waals surface area (Å²) in [6.45, 7) is 4.96. The molecule has 0 aromatic carbocycles. The van der Waals surface area contributed by atoms with E-state index in [-0.39, 0.29) is 0 Å². The van der Waals surface area contributed by atoms with Crippen LogP contribution in [-0.4, -0.2) is 35.7 Å². The first-order valence-electron chi connectivity index (χ1n) is 5.19. The minimum absolute atomic E-state index is 0.337. The molecule has 72 valence electrons. The predicted octanol–water partition coefficient (Wildman–Crippen LogP) is 1.63. The maximum absolute atomic E-state index is 8.73. The standard InChI is InChI=1S/C10H21NO/c1-10-6-3-2-4-7-11(10)8-5-9-12/h10,12H,2-9H2,1H3. The van der Waals surface area contributed by atoms with Gasteiger partial charge in [-0.05, 0) is 32.7 Å². The van der Waals surface area contributed by atoms with Crippen molar-refractivity contribution in [3.8, 4) is 0 Å². The van der Waals surface area contributed by atoms with E-state index in [1.165, 1.54) is 32.2 Å². The molecule has 0 radical (unpaired) electrons. The monoisotopic (exact) mass is 171 g/mol. The van der Waals surface area contributed by atoms with E-state index in [1.54, 1.807) is 0 Å². The zero-order chi connectivity index (χ0) is 8.81. The van der Waals surface area contributed by atoms with Crippen LogP contribution in [0.3, 0.4) is 0 Å². The molecule has 0 aromatic heterocycles. The van der Waals surface area contributed by atoms with Crippen molar-refractivity contribution < 1.29 is 5.11 Å². The van der Waals surface area contributed by atoms with Gasteiger partial charge in [-0.15, -0.1) is 0 Å². The number of hydrogen-bond acceptors (Lipinski definition) is 2. The van der Waals surface area contributed by atoms with Gasteiger partial charge in [-0.3, -0.25) is 0 Å². The smallest absolute Gasteiger partial charge is 0.0443 e. The summed E-state index contributed by atoms with van der Waals surface area (Å²) in [6, 6.07) is 0.735. The van der Waals surface area contributed by atoms with Crippen LogP contribution in [0.15, 0.2) is 0 Å². The van der Waals surface area contributed by atoms with Crippen molar-refractivity contribution in [3.05, 3.63) is 0 Å². The maximum Gasteiger partial charge on any atom is 0.0443 e. The summed E-state index contributed by atoms with van der Waals surface area (Å²) in [4.78, 5) is 2.52. The average molecular weight is 171 g/mol. The Hall–Kier alpha value is -0.0800. The summed E-state index contributed by atoms with van der Waals surface area (Å²) in [7, 11) is 0. The Balaban J connectivity index is 2.26. The van der Waals surface area contributed by atoms with E-state index in [0.29, 0.717) is 6.61 Å². The van der Waals surface area contributed by atoms with Crippen molar-refractivity contribution in [1.82, 2.24) is 4.90 Å². The molecule has 2 nitrogen and oxygen atoms in total. The molecule has 0 amide bonds. The Bertz CT molecular complexity index is 116. The summed E-state index contributed by atoms with van der Waals surface area (Å²) in [5.41, 5.74) is 0. The van der Waals surface area contributed by atoms with Gasteiger partial charge >= 0.3 is 0 Å². The van der Waals surface area contributed by atoms with Gasteiger partial charge in [-0.2, -0.15) is 0 Å². The Morgan fingerprint density at radius 1 is 1.33 bits per heavy atom. The number of nitrogens with zero attached hydrogens (tertiary/aromatic N) is 1. The fourth-order valence-corrected chi connectivity index (χ4v) is 1.94. The van der Waals surface area contributed by atoms with Gasteiger partial charge in [-0.25, -0.2) is 0 Å². The second-order valence-corrected chi connectivity index (χ2v) is 3.81. The lowest BCUT2D eigenvalue weighted by atomic mass is 10.1. The number of rotatable bonds is 3. The van der Waals surface area contributed by atoms with Gasteiger partial charge < -0.3 is 10.0 Å². The van der Waals surface area contributed by atoms with Crippen LogP contribution >= 0.6 is 0 Å². The highest BCUT2D eigenvalue weighted by atomic mass is 16.3. The van der Waals surface area contributed by atoms with Gasteiger partial charge in [0.2, 0.25) is 0 Å². The molecule has 1 aliphatic heterocycles. The second-order valence-electron chi connectivity index (χ2n) is 3.81. The van der Waals surface area contributed by atoms with E-state index in [4.69, 9.17) is 5.11 Å². The van der Waals surface area contributed by atoms with Crippen molar-refractivity contribution in [2.75, 3.05) is 19.7 Å². The topological polar surface area (TPSA) is 23.5 Å². The van der Waals surface area contributed by atoms with Crippen molar-refractivity contribution in [2.24, 2.45) is 0 Å². The van der Waals surface area contributed by atoms with Gasteiger partial charge in [0.1, 0.15) is 0 Å². The van der Waals surface area contributed by atoms with Crippen molar-refractivity contribution in [3.63, 3.8) is 0 Å². The third-order valence-electron chi connectivity index (χ3n) is 2.79. The summed E-state index contributed by atoms with van der Waals surface area (Å²) < 4.78 is 0. The fraction of sp³-hybridized carbons (Fsp3) is 1.00. The molecule has 12 heavy (non-hydrogen) atoms. The highest BCUT2D eigenvalue weighted by Crippen LogP contribution is 2.15. The molecule has 1 atom stereocenters. The predicted molar refractivity (Wildman–Crippen MR) is 51.2 cm³/mol. The number of aliphatic hydroxyl groups excluding tert-OH is 1. The lowest BCUT2D eigenvalue weighted by molar-refractivity contribution is 0.186. The van der Waals surface area contributed by atoms with Gasteiger partial charge in [0.25, 0.3) is 0 Å². The van der Waals surface area contributed by atoms with Crippen LogP contribution in [0.5, 0.6) is 0 Å². The van der Waals surface area contributed by atoms with Gasteiger partial charge in [0.05, 0.1) is 0 Å². The van der Waals surface area contributed by atoms with Crippen molar-refractivity contribution in [1.29, 1.82) is 0 Å². The second kappa shape index (κ2) is 5.55. The first-order chi connectivity index (χ1) is 5.84. The highest BCUT2D eigenvalue weighted by Gasteiger charge is 2.15. The SMILES string of the molecule is CC1CCCCCN1CCCO. The molecule has 1 aliphatic rings. The molecule has 1 N–H and O–H groups in total. The Labute approximate surface area is 75.6 Å². The molecule has 0 aliphatic carbocycles. The summed E-state index contributed by atoms with van der Waals surface area (Å²) >= 11 is 0. The van der Waals surface area contributed by atoms with E-state index in [2.05, 4.69) is 11.8 Å². The van der Waals surface area contributed by atoms with E-state index in [1.807, 2.05) is 0 Å². The van der Waals surface area contributed by atoms with Crippen LogP contribution in [0.1, 0.15) is 39.0 Å². The molecule has 0 aromatic rings. The van der Waals surface area contributed by atoms with E-state index in [9.17, 15) is 0 Å². The third kappa shape index (κ3) is 3.11. The molecule has 0 saturated carbocycles. The lowest BCUT2D eigenvalue weighted by Crippen LogP contribution is -2.33. The molecular formula is C10H21NO. The first-order valence-corrected chi connectivity index (χ1v) is 5.19. The van der Waals surface area contributed by atoms with Crippen LogP contribution in [0.2, 0.25) is 0 Å². The van der Waals surface area contributed by atoms with Crippen molar-refractivity contribution in [2.45, 2.75) is 45.1 Å². The molecule has 0 spiro atoms. The number of hydrogen-bond donors (Lipinski definition) is 1. The summed E-state index contributed by atoms with van der Waals surface area (Å²) in [5, 5.41) is 8.73. The van der Waals surface area contributed by atoms with E-state index < -0.39 is 0 Å². The summed E-state index contributed by atoms with van der Waals surface area (Å²) in [5.74, 6) is 0. The van der Waals surface area contributed by atoms with Crippen LogP contribution in [0.25, 0.3) is 0 Å². The van der Waals surface area contributed by atoms with Gasteiger partial charge in [0, 0.05) is 19.2 Å². The third-order valence-corrected chi connectivity index (χ3v) is 2.79. The first kappa shape index (κ1) is 10.0. The van der Waals surface area contributed by atoms with Gasteiger partial charge in [0.15, 0.2) is 0 Å². The Morgan fingerprint density at radius 2 is 2.17 bits per heavy atom. The average Bonchev–Trinajstić information content (AvgIpc) is 2.27. The molecule has 1 fully saturated rings. The van der Waals surface area contributed by atoms with Crippen LogP contribution in [0.4, 0.5) is 0 Å². The van der Waals surface area contributed by atoms with Gasteiger partial charge in [-0.1, -0.05) is 12.8 Å². The molecule has 2 heteroatoms. The molecule has 1 unspecified atom stereocenters. The van der Waals surface area contributed by atoms with Crippen LogP contribution in [0, 0.1) is 0 Å². The molecule has 0 bridgehead atoms. The van der Waals surface area contributed by atoms with E-state index >= 15 is 0 Å². The fourth-order valence-electron chi connectivity index (χ4n) is 1.94. The molecule has 1 heterocycles. The summed E-state index contributed by atoms with van der Waals surface area (Å²) in [6.07, 6.45) is 6.39. The highest BCUT2D eigenvalue weighted by molar-refractivity contribution is 4.70. The number of aliphatic hydroxyl groups is 1. The minimum atomic E-state index is 0.337. The zero-order valence-corrected chi connectivity index (χ0v) is 8.13. The van der Waals surface area contributed by atoms with Crippen LogP contribution < -0.4 is 0 Å². The minimum Gasteiger partial charge on any atom is -0.396 e.